The first-order valence-corrected chi connectivity index (χ1v) is 14.9. The Morgan fingerprint density at radius 3 is 2.45 bits per heavy atom. The third-order valence-electron chi connectivity index (χ3n) is 7.82. The number of fused-ring (bicyclic) bond motifs is 3. The third-order valence-corrected chi connectivity index (χ3v) is 9.01. The number of rotatable bonds is 8. The van der Waals surface area contributed by atoms with Crippen LogP contribution in [0.5, 0.6) is 0 Å². The number of aliphatic imine (C=N–C) groups is 2. The van der Waals surface area contributed by atoms with E-state index in [9.17, 15) is 4.79 Å². The average Bonchev–Trinajstić information content (AvgIpc) is 3.17. The van der Waals surface area contributed by atoms with Gasteiger partial charge < -0.3 is 9.64 Å². The van der Waals surface area contributed by atoms with Gasteiger partial charge in [-0.1, -0.05) is 42.5 Å². The number of anilines is 2. The lowest BCUT2D eigenvalue weighted by atomic mass is 9.99. The fourth-order valence-electron chi connectivity index (χ4n) is 5.33. The number of benzene rings is 2. The van der Waals surface area contributed by atoms with E-state index in [0.717, 1.165) is 46.5 Å². The highest BCUT2D eigenvalue weighted by Crippen LogP contribution is 2.43. The molecule has 3 aromatic rings. The lowest BCUT2D eigenvalue weighted by Crippen LogP contribution is -2.40. The van der Waals surface area contributed by atoms with Gasteiger partial charge in [-0.05, 0) is 70.4 Å². The van der Waals surface area contributed by atoms with Gasteiger partial charge in [-0.2, -0.15) is 0 Å². The minimum Gasteiger partial charge on any atom is -0.466 e. The maximum atomic E-state index is 12.7. The van der Waals surface area contributed by atoms with E-state index in [1.807, 2.05) is 6.92 Å². The summed E-state index contributed by atoms with van der Waals surface area (Å²) in [7, 11) is 0. The molecule has 0 saturated carbocycles. The molecule has 1 aromatic heterocycles. The Kier molecular flexibility index (Phi) is 8.22. The topological polar surface area (TPSA) is 57.5 Å². The predicted molar refractivity (Wildman–Crippen MR) is 167 cm³/mol. The summed E-state index contributed by atoms with van der Waals surface area (Å²) in [5.41, 5.74) is 9.12. The molecule has 1 atom stereocenters. The fourth-order valence-corrected chi connectivity index (χ4v) is 6.55. The highest BCUT2D eigenvalue weighted by molar-refractivity contribution is 7.17. The van der Waals surface area contributed by atoms with Gasteiger partial charge in [0, 0.05) is 40.5 Å². The molecule has 40 heavy (non-hydrogen) atoms. The van der Waals surface area contributed by atoms with Crippen molar-refractivity contribution in [1.29, 1.82) is 0 Å². The maximum Gasteiger partial charge on any atom is 0.308 e. The standard InChI is InChI=1S/C33H38N4O2S/c1-7-36(20-25-12-10-9-11-13-25)27-16-14-26(15-17-27)31-30-22(4)24(6)40-33(30)37-23(5)21(3)19-34-32(37)28(35-31)18-29(38)39-8-2/h9-17,28H,7-8,18-20H2,1-6H3. The third kappa shape index (κ3) is 5.35. The number of hydrogen-bond acceptors (Lipinski definition) is 7. The number of thiophene rings is 1. The summed E-state index contributed by atoms with van der Waals surface area (Å²) >= 11 is 1.77. The SMILES string of the molecule is CCOC(=O)CC1N=C(c2ccc(N(CC)Cc3ccccc3)cc2)c2c(sc(C)c2C)N2C1=NCC(C)=C2C. The zero-order chi connectivity index (χ0) is 28.4. The summed E-state index contributed by atoms with van der Waals surface area (Å²) in [6, 6.07) is 18.8. The first-order chi connectivity index (χ1) is 19.3. The van der Waals surface area contributed by atoms with Crippen molar-refractivity contribution in [2.45, 2.75) is 60.5 Å². The first kappa shape index (κ1) is 27.8. The maximum absolute atomic E-state index is 12.7. The Labute approximate surface area is 241 Å². The van der Waals surface area contributed by atoms with Gasteiger partial charge in [-0.15, -0.1) is 11.3 Å². The Hall–Kier alpha value is -3.71. The quantitative estimate of drug-likeness (QED) is 0.279. The van der Waals surface area contributed by atoms with Crippen molar-refractivity contribution in [3.05, 3.63) is 93.0 Å². The molecular weight excluding hydrogens is 516 g/mol. The molecule has 6 nitrogen and oxygen atoms in total. The first-order valence-electron chi connectivity index (χ1n) is 14.1. The van der Waals surface area contributed by atoms with E-state index in [1.54, 1.807) is 11.3 Å². The number of carbonyl (C=O) groups is 1. The zero-order valence-electron chi connectivity index (χ0n) is 24.3. The Balaban J connectivity index is 1.59. The normalized spacial score (nSPS) is 16.6. The fraction of sp³-hybridized carbons (Fsp3) is 0.364. The number of aryl methyl sites for hydroxylation is 1. The molecule has 0 fully saturated rings. The van der Waals surface area contributed by atoms with Crippen molar-refractivity contribution >= 4 is 39.5 Å². The van der Waals surface area contributed by atoms with Crippen molar-refractivity contribution in [2.75, 3.05) is 29.5 Å². The molecule has 0 saturated heterocycles. The summed E-state index contributed by atoms with van der Waals surface area (Å²) in [6.07, 6.45) is 0.157. The van der Waals surface area contributed by atoms with E-state index in [0.29, 0.717) is 13.2 Å². The molecule has 2 aliphatic rings. The summed E-state index contributed by atoms with van der Waals surface area (Å²) < 4.78 is 5.36. The lowest BCUT2D eigenvalue weighted by molar-refractivity contribution is -0.143. The van der Waals surface area contributed by atoms with E-state index >= 15 is 0 Å². The van der Waals surface area contributed by atoms with Crippen LogP contribution >= 0.6 is 11.3 Å². The molecule has 0 aliphatic carbocycles. The van der Waals surface area contributed by atoms with E-state index in [4.69, 9.17) is 14.7 Å². The van der Waals surface area contributed by atoms with Crippen LogP contribution in [-0.2, 0) is 16.1 Å². The van der Waals surface area contributed by atoms with Crippen LogP contribution < -0.4 is 9.80 Å². The summed E-state index contributed by atoms with van der Waals surface area (Å²) in [5.74, 6) is 0.570. The van der Waals surface area contributed by atoms with Crippen LogP contribution in [0.15, 0.2) is 75.9 Å². The minimum atomic E-state index is -0.429. The summed E-state index contributed by atoms with van der Waals surface area (Å²) in [4.78, 5) is 28.9. The van der Waals surface area contributed by atoms with Crippen LogP contribution in [0, 0.1) is 13.8 Å². The van der Waals surface area contributed by atoms with Gasteiger partial charge in [0.15, 0.2) is 0 Å². The van der Waals surface area contributed by atoms with Gasteiger partial charge in [0.25, 0.3) is 0 Å². The van der Waals surface area contributed by atoms with E-state index in [1.165, 1.54) is 27.3 Å². The molecular formula is C33H38N4O2S. The molecule has 1 unspecified atom stereocenters. The van der Waals surface area contributed by atoms with Crippen LogP contribution in [0.4, 0.5) is 10.7 Å². The molecule has 0 spiro atoms. The van der Waals surface area contributed by atoms with Crippen molar-refractivity contribution in [3.8, 4) is 0 Å². The summed E-state index contributed by atoms with van der Waals surface area (Å²) in [6.45, 7) is 15.4. The molecule has 0 radical (unpaired) electrons. The van der Waals surface area contributed by atoms with Gasteiger partial charge in [-0.3, -0.25) is 19.7 Å². The number of ether oxygens (including phenoxy) is 1. The van der Waals surface area contributed by atoms with Crippen LogP contribution in [0.25, 0.3) is 0 Å². The molecule has 0 N–H and O–H groups in total. The number of allylic oxidation sites excluding steroid dienone is 1. The van der Waals surface area contributed by atoms with Crippen molar-refractivity contribution in [3.63, 3.8) is 0 Å². The van der Waals surface area contributed by atoms with Crippen LogP contribution in [0.2, 0.25) is 0 Å². The molecule has 2 aliphatic heterocycles. The number of hydrogen-bond donors (Lipinski definition) is 0. The van der Waals surface area contributed by atoms with Gasteiger partial charge in [0.1, 0.15) is 16.9 Å². The predicted octanol–water partition coefficient (Wildman–Crippen LogP) is 7.08. The Morgan fingerprint density at radius 1 is 1.05 bits per heavy atom. The number of carbonyl (C=O) groups excluding carboxylic acids is 1. The van der Waals surface area contributed by atoms with E-state index in [2.05, 4.69) is 99.0 Å². The van der Waals surface area contributed by atoms with Crippen LogP contribution in [0.3, 0.4) is 0 Å². The molecule has 7 heteroatoms. The van der Waals surface area contributed by atoms with Gasteiger partial charge in [0.2, 0.25) is 0 Å². The number of nitrogens with zero attached hydrogens (tertiary/aromatic N) is 4. The van der Waals surface area contributed by atoms with Crippen LogP contribution in [-0.4, -0.2) is 43.3 Å². The van der Waals surface area contributed by atoms with Crippen molar-refractivity contribution in [1.82, 2.24) is 0 Å². The molecule has 208 valence electrons. The highest BCUT2D eigenvalue weighted by atomic mass is 32.1. The van der Waals surface area contributed by atoms with Gasteiger partial charge in [0.05, 0.1) is 25.3 Å². The number of esters is 1. The molecule has 3 heterocycles. The van der Waals surface area contributed by atoms with Crippen molar-refractivity contribution < 1.29 is 9.53 Å². The number of amidine groups is 1. The van der Waals surface area contributed by atoms with E-state index < -0.39 is 6.04 Å². The molecule has 0 amide bonds. The largest absolute Gasteiger partial charge is 0.466 e. The Bertz CT molecular complexity index is 1480. The molecule has 2 aromatic carbocycles. The second kappa shape index (κ2) is 11.8. The monoisotopic (exact) mass is 554 g/mol. The summed E-state index contributed by atoms with van der Waals surface area (Å²) in [5, 5.41) is 1.12. The molecule has 5 rings (SSSR count). The van der Waals surface area contributed by atoms with Gasteiger partial charge in [-0.25, -0.2) is 0 Å². The van der Waals surface area contributed by atoms with Gasteiger partial charge >= 0.3 is 5.97 Å². The van der Waals surface area contributed by atoms with Crippen LogP contribution in [0.1, 0.15) is 61.2 Å². The molecule has 0 bridgehead atoms. The second-order valence-corrected chi connectivity index (χ2v) is 11.6. The van der Waals surface area contributed by atoms with Crippen molar-refractivity contribution in [2.24, 2.45) is 9.98 Å². The highest BCUT2D eigenvalue weighted by Gasteiger charge is 2.37. The zero-order valence-corrected chi connectivity index (χ0v) is 25.1. The minimum absolute atomic E-state index is 0.157. The smallest absolute Gasteiger partial charge is 0.308 e. The Morgan fingerprint density at radius 2 is 1.77 bits per heavy atom. The lowest BCUT2D eigenvalue weighted by Gasteiger charge is -2.32. The second-order valence-electron chi connectivity index (χ2n) is 10.4. The van der Waals surface area contributed by atoms with E-state index in [-0.39, 0.29) is 12.4 Å². The average molecular weight is 555 g/mol.